The number of hydrogen-bond acceptors (Lipinski definition) is 3. The molecule has 0 saturated heterocycles. The van der Waals surface area contributed by atoms with Gasteiger partial charge in [0.25, 0.3) is 0 Å². The van der Waals surface area contributed by atoms with Crippen LogP contribution in [0.3, 0.4) is 0 Å². The van der Waals surface area contributed by atoms with Crippen LogP contribution >= 0.6 is 0 Å². The number of nitrogens with one attached hydrogen (secondary N) is 1. The Kier molecular flexibility index (Phi) is 4.68. The third kappa shape index (κ3) is 3.41. The van der Waals surface area contributed by atoms with E-state index in [2.05, 4.69) is 46.9 Å². The van der Waals surface area contributed by atoms with Crippen LogP contribution in [0.15, 0.2) is 24.5 Å². The molecule has 0 spiro atoms. The SMILES string of the molecule is CCCNCc1c(C)nn(Cc2cccnc2)c1C. The number of aromatic nitrogens is 3. The highest BCUT2D eigenvalue weighted by Gasteiger charge is 2.11. The summed E-state index contributed by atoms with van der Waals surface area (Å²) in [5.74, 6) is 0. The average molecular weight is 258 g/mol. The Morgan fingerprint density at radius 3 is 2.84 bits per heavy atom. The molecule has 0 aliphatic rings. The molecule has 0 fully saturated rings. The van der Waals surface area contributed by atoms with Gasteiger partial charge in [0.15, 0.2) is 0 Å². The molecule has 0 unspecified atom stereocenters. The minimum atomic E-state index is 0.786. The molecule has 4 heteroatoms. The van der Waals surface area contributed by atoms with E-state index in [1.165, 1.54) is 16.8 Å². The van der Waals surface area contributed by atoms with E-state index >= 15 is 0 Å². The van der Waals surface area contributed by atoms with Crippen molar-refractivity contribution in [3.05, 3.63) is 47.0 Å². The summed E-state index contributed by atoms with van der Waals surface area (Å²) >= 11 is 0. The monoisotopic (exact) mass is 258 g/mol. The van der Waals surface area contributed by atoms with Gasteiger partial charge in [-0.1, -0.05) is 13.0 Å². The van der Waals surface area contributed by atoms with E-state index in [-0.39, 0.29) is 0 Å². The van der Waals surface area contributed by atoms with Gasteiger partial charge >= 0.3 is 0 Å². The molecule has 0 amide bonds. The van der Waals surface area contributed by atoms with Gasteiger partial charge in [-0.2, -0.15) is 5.10 Å². The van der Waals surface area contributed by atoms with Gasteiger partial charge in [-0.3, -0.25) is 9.67 Å². The summed E-state index contributed by atoms with van der Waals surface area (Å²) < 4.78 is 2.06. The fourth-order valence-corrected chi connectivity index (χ4v) is 2.20. The van der Waals surface area contributed by atoms with Crippen LogP contribution in [0.2, 0.25) is 0 Å². The average Bonchev–Trinajstić information content (AvgIpc) is 2.68. The summed E-state index contributed by atoms with van der Waals surface area (Å²) in [6, 6.07) is 4.04. The number of aryl methyl sites for hydroxylation is 1. The third-order valence-electron chi connectivity index (χ3n) is 3.32. The lowest BCUT2D eigenvalue weighted by atomic mass is 10.2. The molecule has 0 aliphatic heterocycles. The lowest BCUT2D eigenvalue weighted by molar-refractivity contribution is 0.649. The Morgan fingerprint density at radius 2 is 2.16 bits per heavy atom. The zero-order chi connectivity index (χ0) is 13.7. The van der Waals surface area contributed by atoms with Gasteiger partial charge < -0.3 is 5.32 Å². The highest BCUT2D eigenvalue weighted by molar-refractivity contribution is 5.25. The Labute approximate surface area is 114 Å². The first-order chi connectivity index (χ1) is 9.22. The van der Waals surface area contributed by atoms with Crippen molar-refractivity contribution in [3.63, 3.8) is 0 Å². The van der Waals surface area contributed by atoms with Crippen LogP contribution < -0.4 is 5.32 Å². The molecule has 0 bridgehead atoms. The molecule has 0 radical (unpaired) electrons. The lowest BCUT2D eigenvalue weighted by Crippen LogP contribution is -2.15. The lowest BCUT2D eigenvalue weighted by Gasteiger charge is -2.06. The first-order valence-electron chi connectivity index (χ1n) is 6.85. The predicted molar refractivity (Wildman–Crippen MR) is 77.0 cm³/mol. The van der Waals surface area contributed by atoms with Gasteiger partial charge in [-0.15, -0.1) is 0 Å². The standard InChI is InChI=1S/C15H22N4/c1-4-7-16-10-15-12(2)18-19(13(15)3)11-14-6-5-8-17-9-14/h5-6,8-9,16H,4,7,10-11H2,1-3H3. The van der Waals surface area contributed by atoms with Crippen LogP contribution in [0, 0.1) is 13.8 Å². The maximum atomic E-state index is 4.63. The van der Waals surface area contributed by atoms with Gasteiger partial charge in [-0.05, 0) is 38.4 Å². The molecule has 0 aromatic carbocycles. The maximum absolute atomic E-state index is 4.63. The molecule has 19 heavy (non-hydrogen) atoms. The fourth-order valence-electron chi connectivity index (χ4n) is 2.20. The maximum Gasteiger partial charge on any atom is 0.0677 e. The van der Waals surface area contributed by atoms with E-state index in [9.17, 15) is 0 Å². The Bertz CT molecular complexity index is 516. The Hall–Kier alpha value is -1.68. The molecule has 4 nitrogen and oxygen atoms in total. The number of nitrogens with zero attached hydrogens (tertiary/aromatic N) is 3. The van der Waals surface area contributed by atoms with Crippen LogP contribution in [-0.2, 0) is 13.1 Å². The molecule has 1 N–H and O–H groups in total. The predicted octanol–water partition coefficient (Wildman–Crippen LogP) is 2.44. The van der Waals surface area contributed by atoms with E-state index in [1.807, 2.05) is 12.3 Å². The summed E-state index contributed by atoms with van der Waals surface area (Å²) in [7, 11) is 0. The minimum absolute atomic E-state index is 0.786. The van der Waals surface area contributed by atoms with E-state index < -0.39 is 0 Å². The summed E-state index contributed by atoms with van der Waals surface area (Å²) in [5.41, 5.74) is 4.86. The minimum Gasteiger partial charge on any atom is -0.313 e. The quantitative estimate of drug-likeness (QED) is 0.809. The molecular formula is C15H22N4. The fraction of sp³-hybridized carbons (Fsp3) is 0.467. The normalized spacial score (nSPS) is 10.9. The molecule has 102 valence electrons. The van der Waals surface area contributed by atoms with Gasteiger partial charge in [0.1, 0.15) is 0 Å². The van der Waals surface area contributed by atoms with Crippen molar-refractivity contribution in [2.24, 2.45) is 0 Å². The zero-order valence-corrected chi connectivity index (χ0v) is 12.0. The van der Waals surface area contributed by atoms with E-state index in [0.29, 0.717) is 0 Å². The first-order valence-corrected chi connectivity index (χ1v) is 6.85. The second-order valence-corrected chi connectivity index (χ2v) is 4.85. The summed E-state index contributed by atoms with van der Waals surface area (Å²) in [5, 5.41) is 8.08. The molecule has 2 aromatic rings. The number of rotatable bonds is 6. The summed E-state index contributed by atoms with van der Waals surface area (Å²) in [6.07, 6.45) is 4.85. The van der Waals surface area contributed by atoms with E-state index in [0.717, 1.165) is 31.7 Å². The highest BCUT2D eigenvalue weighted by Crippen LogP contribution is 2.14. The van der Waals surface area contributed by atoms with Gasteiger partial charge in [0, 0.05) is 30.2 Å². The van der Waals surface area contributed by atoms with Crippen LogP contribution in [0.5, 0.6) is 0 Å². The van der Waals surface area contributed by atoms with Crippen molar-refractivity contribution in [2.75, 3.05) is 6.54 Å². The van der Waals surface area contributed by atoms with Crippen LogP contribution in [0.1, 0.15) is 35.9 Å². The molecular weight excluding hydrogens is 236 g/mol. The molecule has 0 atom stereocenters. The van der Waals surface area contributed by atoms with Crippen LogP contribution in [0.4, 0.5) is 0 Å². The van der Waals surface area contributed by atoms with Crippen LogP contribution in [-0.4, -0.2) is 21.3 Å². The van der Waals surface area contributed by atoms with E-state index in [1.54, 1.807) is 6.20 Å². The molecule has 2 heterocycles. The van der Waals surface area contributed by atoms with Crippen molar-refractivity contribution < 1.29 is 0 Å². The number of pyridine rings is 1. The number of hydrogen-bond donors (Lipinski definition) is 1. The Balaban J connectivity index is 2.12. The summed E-state index contributed by atoms with van der Waals surface area (Å²) in [4.78, 5) is 4.15. The largest absolute Gasteiger partial charge is 0.313 e. The molecule has 0 saturated carbocycles. The second kappa shape index (κ2) is 6.48. The van der Waals surface area contributed by atoms with Gasteiger partial charge in [0.05, 0.1) is 12.2 Å². The molecule has 0 aliphatic carbocycles. The van der Waals surface area contributed by atoms with Crippen molar-refractivity contribution in [1.29, 1.82) is 0 Å². The van der Waals surface area contributed by atoms with Crippen LogP contribution in [0.25, 0.3) is 0 Å². The summed E-state index contributed by atoms with van der Waals surface area (Å²) in [6.45, 7) is 9.13. The highest BCUT2D eigenvalue weighted by atomic mass is 15.3. The Morgan fingerprint density at radius 1 is 1.32 bits per heavy atom. The second-order valence-electron chi connectivity index (χ2n) is 4.85. The van der Waals surface area contributed by atoms with Crippen molar-refractivity contribution in [3.8, 4) is 0 Å². The topological polar surface area (TPSA) is 42.7 Å². The van der Waals surface area contributed by atoms with E-state index in [4.69, 9.17) is 0 Å². The van der Waals surface area contributed by atoms with Crippen molar-refractivity contribution >= 4 is 0 Å². The smallest absolute Gasteiger partial charge is 0.0677 e. The molecule has 2 aromatic heterocycles. The zero-order valence-electron chi connectivity index (χ0n) is 12.0. The van der Waals surface area contributed by atoms with Crippen molar-refractivity contribution in [2.45, 2.75) is 40.3 Å². The van der Waals surface area contributed by atoms with Gasteiger partial charge in [-0.25, -0.2) is 0 Å². The third-order valence-corrected chi connectivity index (χ3v) is 3.32. The van der Waals surface area contributed by atoms with Crippen molar-refractivity contribution in [1.82, 2.24) is 20.1 Å². The molecule has 2 rings (SSSR count). The first kappa shape index (κ1) is 13.7. The van der Waals surface area contributed by atoms with Gasteiger partial charge in [0.2, 0.25) is 0 Å².